The van der Waals surface area contributed by atoms with Gasteiger partial charge in [-0.3, -0.25) is 5.32 Å². The number of urea groups is 1. The molecule has 2 amide bonds. The fourth-order valence-electron chi connectivity index (χ4n) is 3.39. The molecule has 27 heavy (non-hydrogen) atoms. The molecule has 142 valence electrons. The molecule has 0 bridgehead atoms. The monoisotopic (exact) mass is 388 g/mol. The molecule has 2 N–H and O–H groups in total. The average molecular weight is 388 g/mol. The smallest absolute Gasteiger partial charge is 0.320 e. The van der Waals surface area contributed by atoms with Crippen LogP contribution >= 0.6 is 0 Å². The van der Waals surface area contributed by atoms with Gasteiger partial charge < -0.3 is 9.73 Å². The summed E-state index contributed by atoms with van der Waals surface area (Å²) in [4.78, 5) is 12.3. The summed E-state index contributed by atoms with van der Waals surface area (Å²) in [6.07, 6.45) is 2.04. The zero-order chi connectivity index (χ0) is 19.0. The third-order valence-corrected chi connectivity index (χ3v) is 6.57. The van der Waals surface area contributed by atoms with Gasteiger partial charge in [0, 0.05) is 17.0 Å². The minimum atomic E-state index is -3.03. The SMILES string of the molecule is Cc1c(CNC(=O)Nc2ccnn2C2CCS(=O)(=O)C2)oc2ccccc12. The average Bonchev–Trinajstić information content (AvgIpc) is 3.31. The number of hydrogen-bond donors (Lipinski definition) is 2. The van der Waals surface area contributed by atoms with E-state index < -0.39 is 15.9 Å². The maximum Gasteiger partial charge on any atom is 0.320 e. The van der Waals surface area contributed by atoms with Crippen molar-refractivity contribution in [3.63, 3.8) is 0 Å². The normalized spacial score (nSPS) is 18.6. The van der Waals surface area contributed by atoms with Crippen molar-refractivity contribution in [3.8, 4) is 0 Å². The number of sulfone groups is 1. The second-order valence-corrected chi connectivity index (χ2v) is 8.90. The molecule has 1 aromatic carbocycles. The molecule has 2 aromatic heterocycles. The van der Waals surface area contributed by atoms with Crippen LogP contribution in [0.5, 0.6) is 0 Å². The van der Waals surface area contributed by atoms with E-state index in [9.17, 15) is 13.2 Å². The van der Waals surface area contributed by atoms with Crippen molar-refractivity contribution in [1.29, 1.82) is 0 Å². The van der Waals surface area contributed by atoms with E-state index in [0.717, 1.165) is 16.5 Å². The number of carbonyl (C=O) groups excluding carboxylic acids is 1. The highest BCUT2D eigenvalue weighted by Gasteiger charge is 2.31. The van der Waals surface area contributed by atoms with Gasteiger partial charge in [0.1, 0.15) is 17.2 Å². The molecule has 1 atom stereocenters. The molecule has 1 fully saturated rings. The van der Waals surface area contributed by atoms with E-state index in [4.69, 9.17) is 4.42 Å². The van der Waals surface area contributed by atoms with E-state index in [1.54, 1.807) is 16.9 Å². The van der Waals surface area contributed by atoms with Crippen LogP contribution in [0.25, 0.3) is 11.0 Å². The minimum Gasteiger partial charge on any atom is -0.459 e. The first kappa shape index (κ1) is 17.6. The predicted octanol–water partition coefficient (Wildman–Crippen LogP) is 2.62. The van der Waals surface area contributed by atoms with E-state index in [0.29, 0.717) is 18.0 Å². The molecule has 3 aromatic rings. The quantitative estimate of drug-likeness (QED) is 0.715. The first-order chi connectivity index (χ1) is 12.9. The van der Waals surface area contributed by atoms with Crippen molar-refractivity contribution >= 4 is 32.7 Å². The third kappa shape index (κ3) is 3.55. The molecule has 0 radical (unpaired) electrons. The molecule has 1 saturated heterocycles. The van der Waals surface area contributed by atoms with Crippen molar-refractivity contribution in [1.82, 2.24) is 15.1 Å². The van der Waals surface area contributed by atoms with Crippen LogP contribution in [0.3, 0.4) is 0 Å². The number of fused-ring (bicyclic) bond motifs is 1. The minimum absolute atomic E-state index is 0.0448. The van der Waals surface area contributed by atoms with Crippen LogP contribution in [-0.2, 0) is 16.4 Å². The molecular weight excluding hydrogens is 368 g/mol. The molecule has 0 saturated carbocycles. The topological polar surface area (TPSA) is 106 Å². The van der Waals surface area contributed by atoms with Gasteiger partial charge in [-0.05, 0) is 19.4 Å². The maximum absolute atomic E-state index is 12.3. The zero-order valence-electron chi connectivity index (χ0n) is 14.8. The van der Waals surface area contributed by atoms with Crippen LogP contribution in [0.15, 0.2) is 40.9 Å². The van der Waals surface area contributed by atoms with Crippen molar-refractivity contribution < 1.29 is 17.6 Å². The first-order valence-electron chi connectivity index (χ1n) is 8.69. The lowest BCUT2D eigenvalue weighted by Gasteiger charge is -2.14. The molecule has 4 rings (SSSR count). The number of para-hydroxylation sites is 1. The highest BCUT2D eigenvalue weighted by molar-refractivity contribution is 7.91. The van der Waals surface area contributed by atoms with E-state index in [1.165, 1.54) is 0 Å². The summed E-state index contributed by atoms with van der Waals surface area (Å²) in [5.74, 6) is 1.36. The zero-order valence-corrected chi connectivity index (χ0v) is 15.6. The molecule has 1 unspecified atom stereocenters. The number of aromatic nitrogens is 2. The molecule has 0 aliphatic carbocycles. The van der Waals surface area contributed by atoms with Crippen LogP contribution in [0.2, 0.25) is 0 Å². The Morgan fingerprint density at radius 2 is 2.15 bits per heavy atom. The molecule has 8 nitrogen and oxygen atoms in total. The van der Waals surface area contributed by atoms with Gasteiger partial charge in [0.15, 0.2) is 9.84 Å². The van der Waals surface area contributed by atoms with E-state index in [1.807, 2.05) is 31.2 Å². The summed E-state index contributed by atoms with van der Waals surface area (Å²) in [5, 5.41) is 10.7. The number of nitrogens with zero attached hydrogens (tertiary/aromatic N) is 2. The summed E-state index contributed by atoms with van der Waals surface area (Å²) in [5.41, 5.74) is 1.78. The lowest BCUT2D eigenvalue weighted by molar-refractivity contribution is 0.250. The van der Waals surface area contributed by atoms with Gasteiger partial charge in [0.25, 0.3) is 0 Å². The molecule has 9 heteroatoms. The van der Waals surface area contributed by atoms with Crippen LogP contribution < -0.4 is 10.6 Å². The van der Waals surface area contributed by atoms with Crippen molar-refractivity contribution in [2.75, 3.05) is 16.8 Å². The number of carbonyl (C=O) groups is 1. The van der Waals surface area contributed by atoms with Crippen molar-refractivity contribution in [2.45, 2.75) is 25.9 Å². The Kier molecular flexibility index (Phi) is 4.39. The standard InChI is InChI=1S/C18H20N4O4S/c1-12-14-4-2-3-5-15(14)26-16(12)10-19-18(23)21-17-6-8-20-22(17)13-7-9-27(24,25)11-13/h2-6,8,13H,7,9-11H2,1H3,(H2,19,21,23). The number of nitrogens with one attached hydrogen (secondary N) is 2. The highest BCUT2D eigenvalue weighted by Crippen LogP contribution is 2.26. The van der Waals surface area contributed by atoms with Crippen LogP contribution in [-0.4, -0.2) is 35.7 Å². The van der Waals surface area contributed by atoms with Crippen LogP contribution in [0.1, 0.15) is 23.8 Å². The number of amides is 2. The lowest BCUT2D eigenvalue weighted by Crippen LogP contribution is -2.30. The Morgan fingerprint density at radius 1 is 1.33 bits per heavy atom. The lowest BCUT2D eigenvalue weighted by atomic mass is 10.1. The van der Waals surface area contributed by atoms with E-state index >= 15 is 0 Å². The Balaban J connectivity index is 1.42. The number of benzene rings is 1. The summed E-state index contributed by atoms with van der Waals surface area (Å²) in [7, 11) is -3.03. The van der Waals surface area contributed by atoms with Crippen molar-refractivity contribution in [3.05, 3.63) is 47.9 Å². The van der Waals surface area contributed by atoms with Gasteiger partial charge in [-0.25, -0.2) is 17.9 Å². The Hall–Kier alpha value is -2.81. The third-order valence-electron chi connectivity index (χ3n) is 4.82. The van der Waals surface area contributed by atoms with E-state index in [-0.39, 0.29) is 24.1 Å². The first-order valence-corrected chi connectivity index (χ1v) is 10.5. The summed E-state index contributed by atoms with van der Waals surface area (Å²) in [6, 6.07) is 8.71. The maximum atomic E-state index is 12.3. The molecule has 3 heterocycles. The highest BCUT2D eigenvalue weighted by atomic mass is 32.2. The van der Waals surface area contributed by atoms with Crippen LogP contribution in [0, 0.1) is 6.92 Å². The Bertz CT molecular complexity index is 1100. The van der Waals surface area contributed by atoms with Gasteiger partial charge in [0.2, 0.25) is 0 Å². The van der Waals surface area contributed by atoms with E-state index in [2.05, 4.69) is 15.7 Å². The van der Waals surface area contributed by atoms with Gasteiger partial charge in [0.05, 0.1) is 30.3 Å². The second-order valence-electron chi connectivity index (χ2n) is 6.67. The summed E-state index contributed by atoms with van der Waals surface area (Å²) in [6.45, 7) is 2.20. The number of furan rings is 1. The largest absolute Gasteiger partial charge is 0.459 e. The van der Waals surface area contributed by atoms with Crippen molar-refractivity contribution in [2.24, 2.45) is 0 Å². The van der Waals surface area contributed by atoms with Gasteiger partial charge >= 0.3 is 6.03 Å². The van der Waals surface area contributed by atoms with Crippen LogP contribution in [0.4, 0.5) is 10.6 Å². The fraction of sp³-hybridized carbons (Fsp3) is 0.333. The summed E-state index contributed by atoms with van der Waals surface area (Å²) >= 11 is 0. The molecule has 0 spiro atoms. The molecular formula is C18H20N4O4S. The molecule has 1 aliphatic rings. The number of anilines is 1. The number of rotatable bonds is 4. The fourth-order valence-corrected chi connectivity index (χ4v) is 5.08. The molecule has 1 aliphatic heterocycles. The number of hydrogen-bond acceptors (Lipinski definition) is 5. The number of aryl methyl sites for hydroxylation is 1. The second kappa shape index (κ2) is 6.73. The Labute approximate surface area is 156 Å². The Morgan fingerprint density at radius 3 is 2.89 bits per heavy atom. The summed E-state index contributed by atoms with van der Waals surface area (Å²) < 4.78 is 30.7. The van der Waals surface area contributed by atoms with Gasteiger partial charge in [-0.15, -0.1) is 0 Å². The van der Waals surface area contributed by atoms with Gasteiger partial charge in [-0.1, -0.05) is 18.2 Å². The predicted molar refractivity (Wildman–Crippen MR) is 101 cm³/mol. The van der Waals surface area contributed by atoms with Gasteiger partial charge in [-0.2, -0.15) is 5.10 Å².